The number of nitrogens with one attached hydrogen (secondary N) is 1. The molecule has 1 atom stereocenters. The third-order valence-electron chi connectivity index (χ3n) is 5.15. The quantitative estimate of drug-likeness (QED) is 0.771. The minimum Gasteiger partial charge on any atom is -0.486 e. The van der Waals surface area contributed by atoms with E-state index in [1.165, 1.54) is 0 Å². The van der Waals surface area contributed by atoms with Crippen LogP contribution < -0.4 is 9.47 Å². The smallest absolute Gasteiger partial charge is 0.256 e. The van der Waals surface area contributed by atoms with Crippen LogP contribution in [0.5, 0.6) is 11.5 Å². The van der Waals surface area contributed by atoms with Crippen LogP contribution in [0.25, 0.3) is 11.0 Å². The molecule has 0 saturated carbocycles. The highest BCUT2D eigenvalue weighted by Gasteiger charge is 2.34. The summed E-state index contributed by atoms with van der Waals surface area (Å²) >= 11 is 0. The zero-order valence-electron chi connectivity index (χ0n) is 14.3. The van der Waals surface area contributed by atoms with Gasteiger partial charge in [-0.15, -0.1) is 0 Å². The predicted octanol–water partition coefficient (Wildman–Crippen LogP) is 3.31. The van der Waals surface area contributed by atoms with E-state index in [2.05, 4.69) is 9.97 Å². The highest BCUT2D eigenvalue weighted by atomic mass is 16.6. The summed E-state index contributed by atoms with van der Waals surface area (Å²) in [6, 6.07) is 9.72. The van der Waals surface area contributed by atoms with Gasteiger partial charge in [-0.1, -0.05) is 12.1 Å². The van der Waals surface area contributed by atoms with E-state index < -0.39 is 0 Å². The number of amides is 1. The largest absolute Gasteiger partial charge is 0.486 e. The van der Waals surface area contributed by atoms with Crippen molar-refractivity contribution >= 4 is 16.9 Å². The Bertz CT molecular complexity index is 981. The number of nitrogens with zero attached hydrogens (tertiary/aromatic N) is 2. The molecule has 6 heteroatoms. The molecule has 1 saturated heterocycles. The summed E-state index contributed by atoms with van der Waals surface area (Å²) in [5, 5.41) is 0.859. The first-order valence-corrected chi connectivity index (χ1v) is 8.94. The van der Waals surface area contributed by atoms with Crippen LogP contribution in [-0.2, 0) is 0 Å². The van der Waals surface area contributed by atoms with Gasteiger partial charge in [0.15, 0.2) is 11.5 Å². The molecule has 2 aliphatic heterocycles. The lowest BCUT2D eigenvalue weighted by molar-refractivity contribution is 0.0733. The summed E-state index contributed by atoms with van der Waals surface area (Å²) in [6.45, 7) is 1.84. The van der Waals surface area contributed by atoms with Gasteiger partial charge >= 0.3 is 0 Å². The van der Waals surface area contributed by atoms with Gasteiger partial charge < -0.3 is 19.4 Å². The minimum atomic E-state index is 0.000714. The van der Waals surface area contributed by atoms with Crippen LogP contribution in [0.15, 0.2) is 42.7 Å². The summed E-state index contributed by atoms with van der Waals surface area (Å²) < 4.78 is 11.6. The fraction of sp³-hybridized carbons (Fsp3) is 0.300. The summed E-state index contributed by atoms with van der Waals surface area (Å²) in [5.41, 5.74) is 2.44. The molecule has 0 aliphatic carbocycles. The third-order valence-corrected chi connectivity index (χ3v) is 5.15. The number of pyridine rings is 1. The van der Waals surface area contributed by atoms with E-state index in [0.29, 0.717) is 18.8 Å². The Labute approximate surface area is 150 Å². The monoisotopic (exact) mass is 349 g/mol. The molecule has 0 bridgehead atoms. The SMILES string of the molecule is O=C(c1c[nH]c2ncccc12)N1CCCC1c1cccc2c1OCCO2. The van der Waals surface area contributed by atoms with Crippen molar-refractivity contribution < 1.29 is 14.3 Å². The van der Waals surface area contributed by atoms with Gasteiger partial charge in [-0.05, 0) is 31.0 Å². The molecule has 132 valence electrons. The number of hydrogen-bond acceptors (Lipinski definition) is 4. The Morgan fingerprint density at radius 2 is 2.12 bits per heavy atom. The van der Waals surface area contributed by atoms with Crippen LogP contribution in [0.1, 0.15) is 34.8 Å². The first-order chi connectivity index (χ1) is 12.8. The van der Waals surface area contributed by atoms with Gasteiger partial charge in [0.05, 0.1) is 11.6 Å². The fourth-order valence-corrected chi connectivity index (χ4v) is 3.98. The summed E-state index contributed by atoms with van der Waals surface area (Å²) in [7, 11) is 0. The molecule has 2 aliphatic rings. The zero-order valence-corrected chi connectivity index (χ0v) is 14.3. The molecular weight excluding hydrogens is 330 g/mol. The number of carbonyl (C=O) groups is 1. The lowest BCUT2D eigenvalue weighted by Crippen LogP contribution is -2.31. The van der Waals surface area contributed by atoms with Crippen LogP contribution in [0, 0.1) is 0 Å². The number of fused-ring (bicyclic) bond motifs is 2. The van der Waals surface area contributed by atoms with Crippen molar-refractivity contribution in [3.8, 4) is 11.5 Å². The topological polar surface area (TPSA) is 67.5 Å². The van der Waals surface area contributed by atoms with E-state index in [0.717, 1.165) is 47.5 Å². The molecule has 5 rings (SSSR count). The van der Waals surface area contributed by atoms with Crippen molar-refractivity contribution in [1.82, 2.24) is 14.9 Å². The third kappa shape index (κ3) is 2.33. The number of likely N-dealkylation sites (tertiary alicyclic amines) is 1. The normalized spacial score (nSPS) is 19.1. The van der Waals surface area contributed by atoms with Gasteiger partial charge in [-0.3, -0.25) is 4.79 Å². The first-order valence-electron chi connectivity index (χ1n) is 8.94. The molecule has 1 N–H and O–H groups in total. The highest BCUT2D eigenvalue weighted by molar-refractivity contribution is 6.06. The lowest BCUT2D eigenvalue weighted by atomic mass is 10.0. The maximum Gasteiger partial charge on any atom is 0.256 e. The summed E-state index contributed by atoms with van der Waals surface area (Å²) in [6.07, 6.45) is 5.38. The Morgan fingerprint density at radius 3 is 3.08 bits per heavy atom. The molecule has 6 nitrogen and oxygen atoms in total. The Balaban J connectivity index is 1.53. The van der Waals surface area contributed by atoms with Crippen molar-refractivity contribution in [2.45, 2.75) is 18.9 Å². The number of benzene rings is 1. The second-order valence-electron chi connectivity index (χ2n) is 6.63. The number of carbonyl (C=O) groups excluding carboxylic acids is 1. The minimum absolute atomic E-state index is 0.000714. The zero-order chi connectivity index (χ0) is 17.5. The van der Waals surface area contributed by atoms with E-state index in [9.17, 15) is 4.79 Å². The van der Waals surface area contributed by atoms with E-state index in [4.69, 9.17) is 9.47 Å². The van der Waals surface area contributed by atoms with E-state index in [-0.39, 0.29) is 11.9 Å². The molecule has 1 amide bonds. The lowest BCUT2D eigenvalue weighted by Gasteiger charge is -2.29. The molecule has 1 unspecified atom stereocenters. The van der Waals surface area contributed by atoms with Crippen LogP contribution in [-0.4, -0.2) is 40.5 Å². The number of aromatic nitrogens is 2. The van der Waals surface area contributed by atoms with E-state index in [1.54, 1.807) is 12.4 Å². The van der Waals surface area contributed by atoms with E-state index >= 15 is 0 Å². The van der Waals surface area contributed by atoms with Crippen LogP contribution in [0.4, 0.5) is 0 Å². The second kappa shape index (κ2) is 6.05. The summed E-state index contributed by atoms with van der Waals surface area (Å²) in [5.74, 6) is 1.58. The van der Waals surface area contributed by atoms with E-state index in [1.807, 2.05) is 35.2 Å². The number of para-hydroxylation sites is 1. The molecule has 1 aromatic carbocycles. The second-order valence-corrected chi connectivity index (χ2v) is 6.63. The number of ether oxygens (including phenoxy) is 2. The molecule has 2 aromatic heterocycles. The number of rotatable bonds is 2. The number of aromatic amines is 1. The van der Waals surface area contributed by atoms with Gasteiger partial charge in [-0.25, -0.2) is 4.98 Å². The van der Waals surface area contributed by atoms with Crippen molar-refractivity contribution in [3.63, 3.8) is 0 Å². The predicted molar refractivity (Wildman–Crippen MR) is 96.5 cm³/mol. The molecule has 0 spiro atoms. The van der Waals surface area contributed by atoms with Gasteiger partial charge in [0.25, 0.3) is 5.91 Å². The average Bonchev–Trinajstić information content (AvgIpc) is 3.34. The highest BCUT2D eigenvalue weighted by Crippen LogP contribution is 2.43. The first kappa shape index (κ1) is 15.3. The van der Waals surface area contributed by atoms with Crippen molar-refractivity contribution in [3.05, 3.63) is 53.9 Å². The van der Waals surface area contributed by atoms with Crippen molar-refractivity contribution in [2.24, 2.45) is 0 Å². The Hall–Kier alpha value is -3.02. The van der Waals surface area contributed by atoms with Gasteiger partial charge in [0.1, 0.15) is 18.9 Å². The molecule has 4 heterocycles. The molecule has 3 aromatic rings. The van der Waals surface area contributed by atoms with Crippen LogP contribution in [0.2, 0.25) is 0 Å². The van der Waals surface area contributed by atoms with Gasteiger partial charge in [0, 0.05) is 29.9 Å². The Kier molecular flexibility index (Phi) is 3.55. The van der Waals surface area contributed by atoms with Gasteiger partial charge in [-0.2, -0.15) is 0 Å². The molecule has 0 radical (unpaired) electrons. The standard InChI is InChI=1S/C20H19N3O3/c24-20(15-12-22-19-13(15)5-2-8-21-19)23-9-3-6-16(23)14-4-1-7-17-18(14)26-11-10-25-17/h1-2,4-5,7-8,12,16H,3,6,9-11H2,(H,21,22). The van der Waals surface area contributed by atoms with Crippen molar-refractivity contribution in [2.75, 3.05) is 19.8 Å². The Morgan fingerprint density at radius 1 is 1.19 bits per heavy atom. The molecule has 26 heavy (non-hydrogen) atoms. The van der Waals surface area contributed by atoms with Crippen molar-refractivity contribution in [1.29, 1.82) is 0 Å². The summed E-state index contributed by atoms with van der Waals surface area (Å²) in [4.78, 5) is 22.6. The fourth-order valence-electron chi connectivity index (χ4n) is 3.98. The van der Waals surface area contributed by atoms with Gasteiger partial charge in [0.2, 0.25) is 0 Å². The maximum atomic E-state index is 13.3. The molecular formula is C20H19N3O3. The number of hydrogen-bond donors (Lipinski definition) is 1. The van der Waals surface area contributed by atoms with Crippen LogP contribution in [0.3, 0.4) is 0 Å². The average molecular weight is 349 g/mol. The maximum absolute atomic E-state index is 13.3. The molecule has 1 fully saturated rings. The van der Waals surface area contributed by atoms with Crippen LogP contribution >= 0.6 is 0 Å². The number of H-pyrrole nitrogens is 1.